The third-order valence-electron chi connectivity index (χ3n) is 4.46. The Labute approximate surface area is 102 Å². The molecule has 0 bridgehead atoms. The van der Waals surface area contributed by atoms with Crippen molar-refractivity contribution in [1.82, 2.24) is 0 Å². The van der Waals surface area contributed by atoms with E-state index in [2.05, 4.69) is 0 Å². The molecule has 0 aromatic rings. The second-order valence-electron chi connectivity index (χ2n) is 5.61. The van der Waals surface area contributed by atoms with Crippen molar-refractivity contribution in [3.8, 4) is 0 Å². The van der Waals surface area contributed by atoms with Crippen molar-refractivity contribution in [2.24, 2.45) is 5.92 Å². The zero-order chi connectivity index (χ0) is 11.7. The largest absolute Gasteiger partial charge is 0.393 e. The van der Waals surface area contributed by atoms with Crippen molar-refractivity contribution in [3.63, 3.8) is 0 Å². The quantitative estimate of drug-likeness (QED) is 0.814. The van der Waals surface area contributed by atoms with Crippen molar-refractivity contribution in [1.29, 1.82) is 0 Å². The van der Waals surface area contributed by atoms with Gasteiger partial charge in [0.15, 0.2) is 6.29 Å². The molecular formula is C13H22O4. The number of aliphatic hydroxyl groups excluding tert-OH is 1. The van der Waals surface area contributed by atoms with Gasteiger partial charge in [-0.05, 0) is 38.0 Å². The van der Waals surface area contributed by atoms with Crippen LogP contribution in [0.5, 0.6) is 0 Å². The molecule has 2 unspecified atom stereocenters. The smallest absolute Gasteiger partial charge is 0.160 e. The number of rotatable bonds is 3. The van der Waals surface area contributed by atoms with Crippen molar-refractivity contribution in [2.45, 2.75) is 56.5 Å². The Morgan fingerprint density at radius 3 is 2.59 bits per heavy atom. The molecule has 98 valence electrons. The van der Waals surface area contributed by atoms with E-state index in [1.807, 2.05) is 0 Å². The highest BCUT2D eigenvalue weighted by Crippen LogP contribution is 2.45. The van der Waals surface area contributed by atoms with Gasteiger partial charge in [0.25, 0.3) is 0 Å². The Kier molecular flexibility index (Phi) is 3.39. The highest BCUT2D eigenvalue weighted by atomic mass is 16.7. The van der Waals surface area contributed by atoms with Gasteiger partial charge in [0.1, 0.15) is 0 Å². The summed E-state index contributed by atoms with van der Waals surface area (Å²) in [6, 6.07) is 0. The molecule has 17 heavy (non-hydrogen) atoms. The van der Waals surface area contributed by atoms with Gasteiger partial charge in [-0.25, -0.2) is 0 Å². The van der Waals surface area contributed by atoms with Crippen LogP contribution >= 0.6 is 0 Å². The van der Waals surface area contributed by atoms with Gasteiger partial charge < -0.3 is 19.3 Å². The molecule has 1 N–H and O–H groups in total. The monoisotopic (exact) mass is 242 g/mol. The zero-order valence-electron chi connectivity index (χ0n) is 10.3. The highest BCUT2D eigenvalue weighted by molar-refractivity contribution is 4.95. The summed E-state index contributed by atoms with van der Waals surface area (Å²) >= 11 is 0. The first-order chi connectivity index (χ1) is 8.27. The zero-order valence-corrected chi connectivity index (χ0v) is 10.3. The van der Waals surface area contributed by atoms with E-state index in [9.17, 15) is 5.11 Å². The molecule has 2 saturated heterocycles. The molecule has 1 aliphatic carbocycles. The molecule has 2 atom stereocenters. The molecule has 4 nitrogen and oxygen atoms in total. The number of aliphatic hydroxyl groups is 1. The van der Waals surface area contributed by atoms with Crippen molar-refractivity contribution < 1.29 is 19.3 Å². The Hall–Kier alpha value is -0.160. The van der Waals surface area contributed by atoms with Gasteiger partial charge in [0.05, 0.1) is 24.9 Å². The summed E-state index contributed by atoms with van der Waals surface area (Å²) in [5, 5.41) is 10.3. The van der Waals surface area contributed by atoms with E-state index in [0.717, 1.165) is 19.4 Å². The molecule has 2 heterocycles. The lowest BCUT2D eigenvalue weighted by Gasteiger charge is -2.48. The highest BCUT2D eigenvalue weighted by Gasteiger charge is 2.44. The molecule has 0 aromatic carbocycles. The van der Waals surface area contributed by atoms with Crippen molar-refractivity contribution >= 4 is 0 Å². The molecule has 3 fully saturated rings. The molecule has 0 aromatic heterocycles. The van der Waals surface area contributed by atoms with Crippen molar-refractivity contribution in [3.05, 3.63) is 0 Å². The Balaban J connectivity index is 1.52. The fourth-order valence-corrected chi connectivity index (χ4v) is 3.25. The first-order valence-electron chi connectivity index (χ1n) is 6.83. The molecule has 1 spiro atoms. The van der Waals surface area contributed by atoms with Crippen LogP contribution in [0.15, 0.2) is 0 Å². The predicted molar refractivity (Wildman–Crippen MR) is 61.6 cm³/mol. The first kappa shape index (κ1) is 11.9. The van der Waals surface area contributed by atoms with Crippen LogP contribution in [0.4, 0.5) is 0 Å². The third-order valence-corrected chi connectivity index (χ3v) is 4.46. The van der Waals surface area contributed by atoms with Crippen LogP contribution in [0.25, 0.3) is 0 Å². The Morgan fingerprint density at radius 2 is 1.94 bits per heavy atom. The Bertz CT molecular complexity index is 258. The molecular weight excluding hydrogens is 220 g/mol. The van der Waals surface area contributed by atoms with Crippen molar-refractivity contribution in [2.75, 3.05) is 19.8 Å². The van der Waals surface area contributed by atoms with E-state index in [1.54, 1.807) is 0 Å². The predicted octanol–water partition coefficient (Wildman–Crippen LogP) is 1.46. The average Bonchev–Trinajstić information content (AvgIpc) is 2.80. The summed E-state index contributed by atoms with van der Waals surface area (Å²) < 4.78 is 16.7. The average molecular weight is 242 g/mol. The lowest BCUT2D eigenvalue weighted by atomic mass is 9.70. The van der Waals surface area contributed by atoms with E-state index >= 15 is 0 Å². The molecule has 0 radical (unpaired) electrons. The molecule has 0 amide bonds. The maximum absolute atomic E-state index is 10.3. The minimum atomic E-state index is -0.306. The topological polar surface area (TPSA) is 47.9 Å². The van der Waals surface area contributed by atoms with Crippen LogP contribution in [-0.4, -0.2) is 42.9 Å². The van der Waals surface area contributed by atoms with Crippen LogP contribution in [0.1, 0.15) is 38.5 Å². The first-order valence-corrected chi connectivity index (χ1v) is 6.83. The van der Waals surface area contributed by atoms with Crippen LogP contribution < -0.4 is 0 Å². The van der Waals surface area contributed by atoms with Crippen LogP contribution in [0.3, 0.4) is 0 Å². The minimum Gasteiger partial charge on any atom is -0.393 e. The van der Waals surface area contributed by atoms with Gasteiger partial charge in [0, 0.05) is 13.0 Å². The second-order valence-corrected chi connectivity index (χ2v) is 5.61. The van der Waals surface area contributed by atoms with Gasteiger partial charge in [0.2, 0.25) is 0 Å². The normalized spacial score (nSPS) is 34.8. The van der Waals surface area contributed by atoms with Gasteiger partial charge in [-0.2, -0.15) is 0 Å². The third kappa shape index (κ3) is 2.50. The number of hydrogen-bond donors (Lipinski definition) is 1. The van der Waals surface area contributed by atoms with Gasteiger partial charge in [-0.15, -0.1) is 0 Å². The van der Waals surface area contributed by atoms with Crippen LogP contribution in [0, 0.1) is 5.92 Å². The summed E-state index contributed by atoms with van der Waals surface area (Å²) in [5.41, 5.74) is 0.112. The maximum atomic E-state index is 10.3. The van der Waals surface area contributed by atoms with E-state index in [4.69, 9.17) is 14.2 Å². The number of ether oxygens (including phenoxy) is 3. The fraction of sp³-hybridized carbons (Fsp3) is 1.00. The molecule has 3 aliphatic rings. The molecule has 2 aliphatic heterocycles. The summed E-state index contributed by atoms with van der Waals surface area (Å²) in [6.45, 7) is 2.12. The summed E-state index contributed by atoms with van der Waals surface area (Å²) in [5.74, 6) is 0.358. The van der Waals surface area contributed by atoms with E-state index in [0.29, 0.717) is 25.6 Å². The van der Waals surface area contributed by atoms with Gasteiger partial charge in [-0.3, -0.25) is 0 Å². The molecule has 3 rings (SSSR count). The SMILES string of the molecule is OC(CC1OCCO1)C1CCOC2(CCC2)C1. The number of hydrogen-bond acceptors (Lipinski definition) is 4. The van der Waals surface area contributed by atoms with Crippen LogP contribution in [0.2, 0.25) is 0 Å². The lowest BCUT2D eigenvalue weighted by Crippen LogP contribution is -2.48. The molecule has 4 heteroatoms. The molecule has 1 saturated carbocycles. The van der Waals surface area contributed by atoms with E-state index < -0.39 is 0 Å². The fourth-order valence-electron chi connectivity index (χ4n) is 3.25. The Morgan fingerprint density at radius 1 is 1.18 bits per heavy atom. The van der Waals surface area contributed by atoms with E-state index in [1.165, 1.54) is 19.3 Å². The lowest BCUT2D eigenvalue weighted by molar-refractivity contribution is -0.164. The second kappa shape index (κ2) is 4.84. The minimum absolute atomic E-state index is 0.112. The van der Waals surface area contributed by atoms with Gasteiger partial charge in [-0.1, -0.05) is 0 Å². The maximum Gasteiger partial charge on any atom is 0.160 e. The van der Waals surface area contributed by atoms with Crippen LogP contribution in [-0.2, 0) is 14.2 Å². The van der Waals surface area contributed by atoms with E-state index in [-0.39, 0.29) is 18.0 Å². The summed E-state index contributed by atoms with van der Waals surface area (Å²) in [7, 11) is 0. The standard InChI is InChI=1S/C13H22O4/c14-11(8-12-15-6-7-16-12)10-2-5-17-13(9-10)3-1-4-13/h10-12,14H,1-9H2. The summed E-state index contributed by atoms with van der Waals surface area (Å²) in [6.07, 6.45) is 5.72. The summed E-state index contributed by atoms with van der Waals surface area (Å²) in [4.78, 5) is 0. The van der Waals surface area contributed by atoms with Gasteiger partial charge >= 0.3 is 0 Å².